The summed E-state index contributed by atoms with van der Waals surface area (Å²) in [7, 11) is 0. The number of esters is 1. The van der Waals surface area contributed by atoms with Crippen molar-refractivity contribution in [2.75, 3.05) is 26.4 Å². The minimum Gasteiger partial charge on any atom is -0.458 e. The first-order chi connectivity index (χ1) is 14.0. The highest BCUT2D eigenvalue weighted by Crippen LogP contribution is 2.37. The molecule has 2 aliphatic heterocycles. The van der Waals surface area contributed by atoms with Gasteiger partial charge >= 0.3 is 5.97 Å². The van der Waals surface area contributed by atoms with Crippen LogP contribution in [0.15, 0.2) is 5.38 Å². The van der Waals surface area contributed by atoms with Crippen molar-refractivity contribution in [1.29, 1.82) is 0 Å². The molecule has 0 aliphatic carbocycles. The quantitative estimate of drug-likeness (QED) is 0.748. The second kappa shape index (κ2) is 8.23. The first-order valence-electron chi connectivity index (χ1n) is 10.0. The minimum absolute atomic E-state index is 0.00293. The number of nitrogens with one attached hydrogen (secondary N) is 1. The van der Waals surface area contributed by atoms with Crippen molar-refractivity contribution in [2.24, 2.45) is 5.41 Å². The number of aromatic nitrogens is 3. The molecule has 29 heavy (non-hydrogen) atoms. The van der Waals surface area contributed by atoms with E-state index in [-0.39, 0.29) is 17.9 Å². The molecule has 2 aromatic heterocycles. The Kier molecular flexibility index (Phi) is 5.69. The first kappa shape index (κ1) is 20.0. The molecular formula is C20H26N4O4S. The highest BCUT2D eigenvalue weighted by Gasteiger charge is 2.39. The Balaban J connectivity index is 1.53. The number of aryl methyl sites for hydroxylation is 2. The predicted octanol–water partition coefficient (Wildman–Crippen LogP) is 2.15. The Hall–Kier alpha value is -2.26. The van der Waals surface area contributed by atoms with Gasteiger partial charge in [-0.1, -0.05) is 6.92 Å². The van der Waals surface area contributed by atoms with E-state index >= 15 is 0 Å². The molecule has 2 aromatic rings. The lowest BCUT2D eigenvalue weighted by Crippen LogP contribution is -2.40. The Morgan fingerprint density at radius 2 is 2.21 bits per heavy atom. The lowest BCUT2D eigenvalue weighted by atomic mass is 9.76. The van der Waals surface area contributed by atoms with Crippen LogP contribution in [-0.4, -0.2) is 53.0 Å². The van der Waals surface area contributed by atoms with Crippen LogP contribution < -0.4 is 5.32 Å². The van der Waals surface area contributed by atoms with Crippen molar-refractivity contribution >= 4 is 23.2 Å². The third-order valence-corrected chi connectivity index (χ3v) is 6.68. The molecule has 2 aliphatic rings. The monoisotopic (exact) mass is 418 g/mol. The van der Waals surface area contributed by atoms with Crippen LogP contribution in [0, 0.1) is 12.3 Å². The highest BCUT2D eigenvalue weighted by atomic mass is 32.1. The Bertz CT molecular complexity index is 914. The molecule has 0 unspecified atom stereocenters. The van der Waals surface area contributed by atoms with E-state index in [1.54, 1.807) is 0 Å². The van der Waals surface area contributed by atoms with E-state index in [1.165, 1.54) is 11.3 Å². The largest absolute Gasteiger partial charge is 0.458 e. The van der Waals surface area contributed by atoms with Gasteiger partial charge in [-0.25, -0.2) is 9.78 Å². The molecule has 0 bridgehead atoms. The molecule has 4 heterocycles. The molecule has 1 fully saturated rings. The zero-order valence-corrected chi connectivity index (χ0v) is 17.6. The lowest BCUT2D eigenvalue weighted by Gasteiger charge is -2.36. The maximum absolute atomic E-state index is 12.8. The fraction of sp³-hybridized carbons (Fsp3) is 0.600. The Labute approximate surface area is 173 Å². The summed E-state index contributed by atoms with van der Waals surface area (Å²) in [6.07, 6.45) is 3.28. The SMILES string of the molecule is CCc1nn(CCOC(=O)c2nc(C)cs2)c2c1C(=O)NCC1(CCOCC1)C2. The van der Waals surface area contributed by atoms with Crippen molar-refractivity contribution in [1.82, 2.24) is 20.1 Å². The van der Waals surface area contributed by atoms with Gasteiger partial charge in [0.25, 0.3) is 5.91 Å². The van der Waals surface area contributed by atoms with Crippen LogP contribution in [0.25, 0.3) is 0 Å². The van der Waals surface area contributed by atoms with Crippen molar-refractivity contribution in [3.63, 3.8) is 0 Å². The van der Waals surface area contributed by atoms with E-state index < -0.39 is 5.97 Å². The van der Waals surface area contributed by atoms with Gasteiger partial charge in [0.1, 0.15) is 6.61 Å². The maximum Gasteiger partial charge on any atom is 0.367 e. The van der Waals surface area contributed by atoms with Crippen LogP contribution in [0.1, 0.15) is 57.0 Å². The number of fused-ring (bicyclic) bond motifs is 1. The number of nitrogens with zero attached hydrogens (tertiary/aromatic N) is 3. The molecule has 0 radical (unpaired) electrons. The topological polar surface area (TPSA) is 95.3 Å². The molecule has 1 spiro atoms. The summed E-state index contributed by atoms with van der Waals surface area (Å²) in [5, 5.41) is 9.96. The molecule has 0 saturated carbocycles. The minimum atomic E-state index is -0.421. The van der Waals surface area contributed by atoms with Gasteiger partial charge < -0.3 is 14.8 Å². The van der Waals surface area contributed by atoms with Crippen LogP contribution in [0.2, 0.25) is 0 Å². The van der Waals surface area contributed by atoms with Gasteiger partial charge in [0, 0.05) is 30.8 Å². The molecule has 1 N–H and O–H groups in total. The van der Waals surface area contributed by atoms with E-state index in [0.717, 1.165) is 36.3 Å². The summed E-state index contributed by atoms with van der Waals surface area (Å²) < 4.78 is 12.8. The number of carbonyl (C=O) groups excluding carboxylic acids is 2. The van der Waals surface area contributed by atoms with E-state index in [9.17, 15) is 9.59 Å². The molecule has 0 aromatic carbocycles. The molecule has 8 nitrogen and oxygen atoms in total. The van der Waals surface area contributed by atoms with Gasteiger partial charge in [0.05, 0.1) is 23.5 Å². The van der Waals surface area contributed by atoms with Gasteiger partial charge in [-0.3, -0.25) is 9.48 Å². The van der Waals surface area contributed by atoms with Crippen molar-refractivity contribution in [3.8, 4) is 0 Å². The predicted molar refractivity (Wildman–Crippen MR) is 107 cm³/mol. The second-order valence-corrected chi connectivity index (χ2v) is 8.60. The van der Waals surface area contributed by atoms with Crippen LogP contribution in [0.3, 0.4) is 0 Å². The van der Waals surface area contributed by atoms with Crippen molar-refractivity contribution < 1.29 is 19.1 Å². The van der Waals surface area contributed by atoms with Crippen LogP contribution in [0.4, 0.5) is 0 Å². The summed E-state index contributed by atoms with van der Waals surface area (Å²) in [6, 6.07) is 0. The summed E-state index contributed by atoms with van der Waals surface area (Å²) >= 11 is 1.28. The smallest absolute Gasteiger partial charge is 0.367 e. The van der Waals surface area contributed by atoms with E-state index in [1.807, 2.05) is 23.9 Å². The fourth-order valence-electron chi connectivity index (χ4n) is 4.09. The van der Waals surface area contributed by atoms with Crippen LogP contribution >= 0.6 is 11.3 Å². The fourth-order valence-corrected chi connectivity index (χ4v) is 4.78. The van der Waals surface area contributed by atoms with Gasteiger partial charge in [0.2, 0.25) is 5.01 Å². The molecule has 1 amide bonds. The Morgan fingerprint density at radius 1 is 1.41 bits per heavy atom. The van der Waals surface area contributed by atoms with Crippen LogP contribution in [-0.2, 0) is 28.9 Å². The molecule has 0 atom stereocenters. The van der Waals surface area contributed by atoms with Crippen molar-refractivity contribution in [3.05, 3.63) is 33.0 Å². The zero-order chi connectivity index (χ0) is 20.4. The summed E-state index contributed by atoms with van der Waals surface area (Å²) in [4.78, 5) is 29.1. The van der Waals surface area contributed by atoms with Crippen molar-refractivity contribution in [2.45, 2.75) is 46.1 Å². The number of hydrogen-bond donors (Lipinski definition) is 1. The van der Waals surface area contributed by atoms with E-state index in [2.05, 4.69) is 15.4 Å². The molecule has 156 valence electrons. The number of hydrogen-bond acceptors (Lipinski definition) is 7. The molecule has 4 rings (SSSR count). The number of carbonyl (C=O) groups is 2. The second-order valence-electron chi connectivity index (χ2n) is 7.75. The van der Waals surface area contributed by atoms with Crippen LogP contribution in [0.5, 0.6) is 0 Å². The Morgan fingerprint density at radius 3 is 2.90 bits per heavy atom. The summed E-state index contributed by atoms with van der Waals surface area (Å²) in [5.41, 5.74) is 3.23. The number of thiazole rings is 1. The third-order valence-electron chi connectivity index (χ3n) is 5.74. The third kappa shape index (κ3) is 4.06. The molecule has 9 heteroatoms. The van der Waals surface area contributed by atoms with Gasteiger partial charge in [-0.2, -0.15) is 5.10 Å². The standard InChI is InChI=1S/C20H26N4O4S/c1-3-14-16-15(10-20(12-21-17(16)25)4-7-27-8-5-20)24(23-14)6-9-28-19(26)18-22-13(2)11-29-18/h11H,3-10,12H2,1-2H3,(H,21,25). The first-order valence-corrected chi connectivity index (χ1v) is 10.9. The number of amides is 1. The maximum atomic E-state index is 12.8. The summed E-state index contributed by atoms with van der Waals surface area (Å²) in [5.74, 6) is -0.475. The average molecular weight is 419 g/mol. The van der Waals surface area contributed by atoms with Gasteiger partial charge in [0.15, 0.2) is 0 Å². The number of ether oxygens (including phenoxy) is 2. The zero-order valence-electron chi connectivity index (χ0n) is 16.8. The normalized spacial score (nSPS) is 18.2. The van der Waals surface area contributed by atoms with Gasteiger partial charge in [-0.05, 0) is 38.0 Å². The highest BCUT2D eigenvalue weighted by molar-refractivity contribution is 7.11. The van der Waals surface area contributed by atoms with Gasteiger partial charge in [-0.15, -0.1) is 11.3 Å². The average Bonchev–Trinajstić information content (AvgIpc) is 3.27. The number of rotatable bonds is 5. The van der Waals surface area contributed by atoms with E-state index in [4.69, 9.17) is 9.47 Å². The summed E-state index contributed by atoms with van der Waals surface area (Å²) in [6.45, 7) is 6.53. The van der Waals surface area contributed by atoms with E-state index in [0.29, 0.717) is 43.3 Å². The molecular weight excluding hydrogens is 392 g/mol. The molecule has 1 saturated heterocycles. The lowest BCUT2D eigenvalue weighted by molar-refractivity contribution is 0.0150.